The van der Waals surface area contributed by atoms with E-state index in [2.05, 4.69) is 57.5 Å². The lowest BCUT2D eigenvalue weighted by atomic mass is 10.2. The van der Waals surface area contributed by atoms with Gasteiger partial charge in [0.15, 0.2) is 0 Å². The minimum atomic E-state index is -3.54. The van der Waals surface area contributed by atoms with Gasteiger partial charge in [0.05, 0.1) is 43.1 Å². The van der Waals surface area contributed by atoms with Crippen LogP contribution in [0.2, 0.25) is 0 Å². The van der Waals surface area contributed by atoms with Crippen LogP contribution in [0.15, 0.2) is 22.4 Å². The molecule has 0 atom stereocenters. The standard InChI is InChI=1S/C21H33N7O4S2/c1-14(2)28(15(3)4)21-24-26(5)20(33-21)23-22-16-13-19(31-6)18(27-8-10-32-11-9-27)12-17(16)25-34(7,29)30/h12-15H,8-11H2,1-7H3/p+1. The fraction of sp³-hybridized carbons (Fsp3) is 0.619. The van der Waals surface area contributed by atoms with Gasteiger partial charge in [-0.3, -0.25) is 4.72 Å². The van der Waals surface area contributed by atoms with Gasteiger partial charge in [0.1, 0.15) is 18.5 Å². The van der Waals surface area contributed by atoms with E-state index in [1.54, 1.807) is 23.9 Å². The maximum atomic E-state index is 12.1. The summed E-state index contributed by atoms with van der Waals surface area (Å²) < 4.78 is 39.4. The fourth-order valence-electron chi connectivity index (χ4n) is 3.80. The number of rotatable bonds is 9. The molecule has 2 heterocycles. The minimum absolute atomic E-state index is 0.276. The number of aromatic nitrogens is 2. The Kier molecular flexibility index (Phi) is 8.31. The number of sulfonamides is 1. The topological polar surface area (TPSA) is 113 Å². The summed E-state index contributed by atoms with van der Waals surface area (Å²) in [5.74, 6) is 0.579. The number of hydrogen-bond donors (Lipinski definition) is 1. The highest BCUT2D eigenvalue weighted by molar-refractivity contribution is 7.92. The van der Waals surface area contributed by atoms with Crippen LogP contribution in [0.5, 0.6) is 5.75 Å². The van der Waals surface area contributed by atoms with Gasteiger partial charge < -0.3 is 19.3 Å². The molecule has 2 aromatic rings. The predicted molar refractivity (Wildman–Crippen MR) is 135 cm³/mol. The number of nitrogens with one attached hydrogen (secondary N) is 1. The maximum Gasteiger partial charge on any atom is 0.431 e. The molecule has 0 saturated carbocycles. The van der Waals surface area contributed by atoms with Crippen molar-refractivity contribution >= 4 is 48.7 Å². The second kappa shape index (κ2) is 10.8. The van der Waals surface area contributed by atoms with Gasteiger partial charge in [-0.1, -0.05) is 5.10 Å². The molecule has 13 heteroatoms. The molecule has 0 unspecified atom stereocenters. The molecule has 0 amide bonds. The van der Waals surface area contributed by atoms with E-state index in [9.17, 15) is 8.42 Å². The summed E-state index contributed by atoms with van der Waals surface area (Å²) in [7, 11) is -0.156. The van der Waals surface area contributed by atoms with Crippen LogP contribution in [0.4, 0.5) is 27.3 Å². The zero-order valence-electron chi connectivity index (χ0n) is 20.8. The van der Waals surface area contributed by atoms with Crippen molar-refractivity contribution in [2.75, 3.05) is 54.2 Å². The third-order valence-electron chi connectivity index (χ3n) is 5.22. The van der Waals surface area contributed by atoms with E-state index in [0.29, 0.717) is 48.6 Å². The molecule has 1 aliphatic heterocycles. The smallest absolute Gasteiger partial charge is 0.431 e. The molecule has 0 bridgehead atoms. The highest BCUT2D eigenvalue weighted by Crippen LogP contribution is 2.40. The first kappa shape index (κ1) is 26.1. The Labute approximate surface area is 205 Å². The van der Waals surface area contributed by atoms with Gasteiger partial charge in [0.25, 0.3) is 0 Å². The van der Waals surface area contributed by atoms with Crippen LogP contribution in [0.3, 0.4) is 0 Å². The van der Waals surface area contributed by atoms with Crippen LogP contribution in [0.25, 0.3) is 0 Å². The van der Waals surface area contributed by atoms with Crippen molar-refractivity contribution in [3.8, 4) is 5.75 Å². The van der Waals surface area contributed by atoms with Gasteiger partial charge in [-0.2, -0.15) is 0 Å². The van der Waals surface area contributed by atoms with Crippen LogP contribution in [-0.4, -0.2) is 65.3 Å². The average Bonchev–Trinajstić information content (AvgIpc) is 3.11. The normalized spacial score (nSPS) is 14.9. The molecule has 1 aliphatic rings. The highest BCUT2D eigenvalue weighted by Gasteiger charge is 2.25. The van der Waals surface area contributed by atoms with E-state index >= 15 is 0 Å². The third-order valence-corrected chi connectivity index (χ3v) is 6.81. The summed E-state index contributed by atoms with van der Waals surface area (Å²) in [4.78, 5) is 4.30. The largest absolute Gasteiger partial charge is 0.494 e. The average molecular weight is 513 g/mol. The SMILES string of the molecule is COc1cc(N=Nc2sc(N(C(C)C)C(C)C)n[n+]2C)c(NS(C)(=O)=O)cc1N1CCOCC1. The maximum absolute atomic E-state index is 12.1. The Morgan fingerprint density at radius 1 is 1.21 bits per heavy atom. The number of benzene rings is 1. The van der Waals surface area contributed by atoms with Crippen molar-refractivity contribution in [2.24, 2.45) is 17.3 Å². The third kappa shape index (κ3) is 6.33. The summed E-state index contributed by atoms with van der Waals surface area (Å²) in [5, 5.41) is 14.8. The van der Waals surface area contributed by atoms with Crippen molar-refractivity contribution in [3.05, 3.63) is 12.1 Å². The minimum Gasteiger partial charge on any atom is -0.494 e. The van der Waals surface area contributed by atoms with Crippen molar-refractivity contribution in [2.45, 2.75) is 39.8 Å². The lowest BCUT2D eigenvalue weighted by molar-refractivity contribution is -0.712. The second-order valence-corrected chi connectivity index (χ2v) is 11.3. The number of anilines is 3. The quantitative estimate of drug-likeness (QED) is 0.405. The van der Waals surface area contributed by atoms with Crippen LogP contribution in [0.1, 0.15) is 27.7 Å². The molecule has 0 spiro atoms. The zero-order valence-corrected chi connectivity index (χ0v) is 22.4. The van der Waals surface area contributed by atoms with E-state index in [4.69, 9.17) is 9.47 Å². The molecule has 0 aliphatic carbocycles. The molecule has 1 N–H and O–H groups in total. The number of ether oxygens (including phenoxy) is 2. The van der Waals surface area contributed by atoms with Crippen LogP contribution in [0, 0.1) is 0 Å². The number of nitrogens with zero attached hydrogens (tertiary/aromatic N) is 6. The van der Waals surface area contributed by atoms with Gasteiger partial charge >= 0.3 is 5.13 Å². The molecule has 188 valence electrons. The van der Waals surface area contributed by atoms with Crippen molar-refractivity contribution < 1.29 is 22.6 Å². The van der Waals surface area contributed by atoms with E-state index in [1.807, 2.05) is 7.05 Å². The van der Waals surface area contributed by atoms with Crippen molar-refractivity contribution in [3.63, 3.8) is 0 Å². The Balaban J connectivity index is 2.01. The molecular formula is C21H34N7O4S2+. The molecule has 11 nitrogen and oxygen atoms in total. The number of methoxy groups -OCH3 is 1. The van der Waals surface area contributed by atoms with Crippen molar-refractivity contribution in [1.82, 2.24) is 5.10 Å². The van der Waals surface area contributed by atoms with Crippen LogP contribution < -0.4 is 23.9 Å². The number of hydrogen-bond acceptors (Lipinski definition) is 10. The van der Waals surface area contributed by atoms with Crippen molar-refractivity contribution in [1.29, 1.82) is 0 Å². The van der Waals surface area contributed by atoms with Crippen LogP contribution >= 0.6 is 11.3 Å². The Morgan fingerprint density at radius 3 is 2.41 bits per heavy atom. The molecule has 1 aromatic carbocycles. The van der Waals surface area contributed by atoms with E-state index in [1.165, 1.54) is 11.3 Å². The van der Waals surface area contributed by atoms with E-state index in [-0.39, 0.29) is 12.1 Å². The van der Waals surface area contributed by atoms with Gasteiger partial charge in [-0.25, -0.2) is 8.42 Å². The lowest BCUT2D eigenvalue weighted by Crippen LogP contribution is -2.39. The Bertz CT molecular complexity index is 1120. The Morgan fingerprint density at radius 2 is 1.85 bits per heavy atom. The van der Waals surface area contributed by atoms with E-state index < -0.39 is 10.0 Å². The molecular weight excluding hydrogens is 478 g/mol. The molecule has 3 rings (SSSR count). The number of azo groups is 1. The predicted octanol–water partition coefficient (Wildman–Crippen LogP) is 3.22. The van der Waals surface area contributed by atoms with Gasteiger partial charge in [-0.15, -0.1) is 4.68 Å². The molecule has 1 saturated heterocycles. The summed E-state index contributed by atoms with van der Waals surface area (Å²) >= 11 is 1.42. The summed E-state index contributed by atoms with van der Waals surface area (Å²) in [6, 6.07) is 3.98. The lowest BCUT2D eigenvalue weighted by Gasteiger charge is -2.30. The second-order valence-electron chi connectivity index (χ2n) is 8.60. The molecule has 0 radical (unpaired) electrons. The summed E-state index contributed by atoms with van der Waals surface area (Å²) in [5.41, 5.74) is 1.44. The van der Waals surface area contributed by atoms with E-state index in [0.717, 1.165) is 17.1 Å². The number of aryl methyl sites for hydroxylation is 1. The monoisotopic (exact) mass is 512 g/mol. The highest BCUT2D eigenvalue weighted by atomic mass is 32.2. The first-order valence-corrected chi connectivity index (χ1v) is 13.8. The van der Waals surface area contributed by atoms with Gasteiger partial charge in [0, 0.05) is 31.2 Å². The van der Waals surface area contributed by atoms with Gasteiger partial charge in [-0.05, 0) is 50.2 Å². The number of morpholine rings is 1. The van der Waals surface area contributed by atoms with Gasteiger partial charge in [0.2, 0.25) is 15.2 Å². The first-order valence-electron chi connectivity index (χ1n) is 11.1. The first-order chi connectivity index (χ1) is 16.0. The molecule has 1 fully saturated rings. The zero-order chi connectivity index (χ0) is 25.0. The van der Waals surface area contributed by atoms with Crippen LogP contribution in [-0.2, 0) is 21.8 Å². The fourth-order valence-corrected chi connectivity index (χ4v) is 5.47. The Hall–Kier alpha value is -2.51. The molecule has 34 heavy (non-hydrogen) atoms. The summed E-state index contributed by atoms with van der Waals surface area (Å²) in [6.07, 6.45) is 1.11. The summed E-state index contributed by atoms with van der Waals surface area (Å²) in [6.45, 7) is 11.0. The molecule has 1 aromatic heterocycles.